The molecule has 0 aliphatic rings. The van der Waals surface area contributed by atoms with Crippen molar-refractivity contribution in [3.8, 4) is 11.1 Å². The van der Waals surface area contributed by atoms with Gasteiger partial charge in [-0.25, -0.2) is 0 Å². The number of hydrogen-bond donors (Lipinski definition) is 0. The first-order chi connectivity index (χ1) is 6.27. The average Bonchev–Trinajstić information content (AvgIpc) is 2.62. The summed E-state index contributed by atoms with van der Waals surface area (Å²) in [5.74, 6) is 0. The predicted octanol–water partition coefficient (Wildman–Crippen LogP) is 4.72. The number of halogens is 2. The van der Waals surface area contributed by atoms with Gasteiger partial charge in [0.25, 0.3) is 0 Å². The molecule has 1 aromatic heterocycles. The largest absolute Gasteiger partial charge is 0.152 e. The van der Waals surface area contributed by atoms with Crippen LogP contribution in [0, 0.1) is 0 Å². The summed E-state index contributed by atoms with van der Waals surface area (Å²) in [6, 6.07) is 7.73. The molecular formula is C10H6Cl2S. The maximum absolute atomic E-state index is 5.90. The summed E-state index contributed by atoms with van der Waals surface area (Å²) in [7, 11) is 0. The third-order valence-electron chi connectivity index (χ3n) is 1.77. The lowest BCUT2D eigenvalue weighted by atomic mass is 10.1. The highest BCUT2D eigenvalue weighted by Gasteiger charge is 2.01. The molecule has 1 heterocycles. The van der Waals surface area contributed by atoms with Gasteiger partial charge in [0.05, 0.1) is 10.0 Å². The molecule has 66 valence electrons. The second kappa shape index (κ2) is 3.70. The molecule has 0 saturated heterocycles. The second-order valence-electron chi connectivity index (χ2n) is 2.64. The van der Waals surface area contributed by atoms with Crippen molar-refractivity contribution in [2.75, 3.05) is 0 Å². The van der Waals surface area contributed by atoms with Crippen LogP contribution in [-0.4, -0.2) is 0 Å². The molecule has 0 nitrogen and oxygen atoms in total. The van der Waals surface area contributed by atoms with Crippen LogP contribution < -0.4 is 0 Å². The van der Waals surface area contributed by atoms with E-state index in [-0.39, 0.29) is 0 Å². The Balaban J connectivity index is 2.49. The van der Waals surface area contributed by atoms with Crippen LogP contribution in [-0.2, 0) is 0 Å². The Morgan fingerprint density at radius 1 is 0.923 bits per heavy atom. The predicted molar refractivity (Wildman–Crippen MR) is 59.8 cm³/mol. The minimum atomic E-state index is 0.598. The van der Waals surface area contributed by atoms with Gasteiger partial charge in [0, 0.05) is 0 Å². The van der Waals surface area contributed by atoms with Gasteiger partial charge in [-0.2, -0.15) is 11.3 Å². The van der Waals surface area contributed by atoms with Crippen LogP contribution in [0.25, 0.3) is 11.1 Å². The van der Waals surface area contributed by atoms with Crippen LogP contribution >= 0.6 is 34.5 Å². The first-order valence-electron chi connectivity index (χ1n) is 3.75. The first kappa shape index (κ1) is 9.07. The average molecular weight is 229 g/mol. The van der Waals surface area contributed by atoms with E-state index in [0.717, 1.165) is 5.56 Å². The fourth-order valence-corrected chi connectivity index (χ4v) is 2.07. The van der Waals surface area contributed by atoms with Crippen molar-refractivity contribution in [3.63, 3.8) is 0 Å². The maximum atomic E-state index is 5.90. The third-order valence-corrected chi connectivity index (χ3v) is 3.20. The van der Waals surface area contributed by atoms with Gasteiger partial charge in [-0.1, -0.05) is 29.3 Å². The molecule has 0 unspecified atom stereocenters. The van der Waals surface area contributed by atoms with Crippen molar-refractivity contribution in [1.82, 2.24) is 0 Å². The molecule has 0 spiro atoms. The fourth-order valence-electron chi connectivity index (χ4n) is 1.10. The first-order valence-corrected chi connectivity index (χ1v) is 5.45. The molecule has 13 heavy (non-hydrogen) atoms. The highest BCUT2D eigenvalue weighted by molar-refractivity contribution is 7.08. The van der Waals surface area contributed by atoms with E-state index in [2.05, 4.69) is 11.4 Å². The Kier molecular flexibility index (Phi) is 2.58. The third kappa shape index (κ3) is 1.88. The van der Waals surface area contributed by atoms with E-state index in [9.17, 15) is 0 Å². The van der Waals surface area contributed by atoms with E-state index in [1.165, 1.54) is 5.56 Å². The Bertz CT molecular complexity index is 407. The molecule has 1 aromatic carbocycles. The molecule has 2 rings (SSSR count). The van der Waals surface area contributed by atoms with Crippen molar-refractivity contribution < 1.29 is 0 Å². The molecular weight excluding hydrogens is 223 g/mol. The molecule has 0 N–H and O–H groups in total. The van der Waals surface area contributed by atoms with Crippen LogP contribution in [0.5, 0.6) is 0 Å². The Labute approximate surface area is 90.7 Å². The van der Waals surface area contributed by atoms with Gasteiger partial charge in [0.1, 0.15) is 0 Å². The van der Waals surface area contributed by atoms with Crippen molar-refractivity contribution >= 4 is 34.5 Å². The van der Waals surface area contributed by atoms with Gasteiger partial charge >= 0.3 is 0 Å². The zero-order valence-corrected chi connectivity index (χ0v) is 8.96. The van der Waals surface area contributed by atoms with E-state index >= 15 is 0 Å². The highest BCUT2D eigenvalue weighted by atomic mass is 35.5. The van der Waals surface area contributed by atoms with Crippen LogP contribution in [0.3, 0.4) is 0 Å². The maximum Gasteiger partial charge on any atom is 0.0598 e. The van der Waals surface area contributed by atoms with Crippen LogP contribution in [0.1, 0.15) is 0 Å². The van der Waals surface area contributed by atoms with Crippen LogP contribution in [0.15, 0.2) is 35.0 Å². The van der Waals surface area contributed by atoms with Gasteiger partial charge in [0.2, 0.25) is 0 Å². The van der Waals surface area contributed by atoms with Gasteiger partial charge < -0.3 is 0 Å². The fraction of sp³-hybridized carbons (Fsp3) is 0. The monoisotopic (exact) mass is 228 g/mol. The van der Waals surface area contributed by atoms with Gasteiger partial charge in [0.15, 0.2) is 0 Å². The molecule has 0 aliphatic carbocycles. The standard InChI is InChI=1S/C10H6Cl2S/c11-9-2-1-7(5-10(9)12)8-3-4-13-6-8/h1-6H. The minimum Gasteiger partial charge on any atom is -0.152 e. The van der Waals surface area contributed by atoms with Gasteiger partial charge in [-0.3, -0.25) is 0 Å². The summed E-state index contributed by atoms with van der Waals surface area (Å²) in [5, 5.41) is 5.32. The molecule has 0 saturated carbocycles. The number of hydrogen-bond acceptors (Lipinski definition) is 1. The Morgan fingerprint density at radius 3 is 2.38 bits per heavy atom. The van der Waals surface area contributed by atoms with Crippen LogP contribution in [0.2, 0.25) is 10.0 Å². The Morgan fingerprint density at radius 2 is 1.77 bits per heavy atom. The molecule has 0 radical (unpaired) electrons. The normalized spacial score (nSPS) is 10.3. The van der Waals surface area contributed by atoms with Crippen molar-refractivity contribution in [1.29, 1.82) is 0 Å². The topological polar surface area (TPSA) is 0 Å². The van der Waals surface area contributed by atoms with E-state index < -0.39 is 0 Å². The number of benzene rings is 1. The van der Waals surface area contributed by atoms with Gasteiger partial charge in [-0.05, 0) is 40.1 Å². The summed E-state index contributed by atoms with van der Waals surface area (Å²) in [6.07, 6.45) is 0. The molecule has 0 fully saturated rings. The van der Waals surface area contributed by atoms with E-state index in [0.29, 0.717) is 10.0 Å². The smallest absolute Gasteiger partial charge is 0.0598 e. The quantitative estimate of drug-likeness (QED) is 0.663. The number of thiophene rings is 1. The minimum absolute atomic E-state index is 0.598. The zero-order valence-electron chi connectivity index (χ0n) is 6.63. The van der Waals surface area contributed by atoms with E-state index in [1.54, 1.807) is 11.3 Å². The Hall–Kier alpha value is -0.500. The highest BCUT2D eigenvalue weighted by Crippen LogP contribution is 2.29. The molecule has 0 atom stereocenters. The lowest BCUT2D eigenvalue weighted by Crippen LogP contribution is -1.74. The second-order valence-corrected chi connectivity index (χ2v) is 4.24. The molecule has 0 aliphatic heterocycles. The van der Waals surface area contributed by atoms with Crippen molar-refractivity contribution in [2.45, 2.75) is 0 Å². The molecule has 0 bridgehead atoms. The lowest BCUT2D eigenvalue weighted by molar-refractivity contribution is 1.67. The lowest BCUT2D eigenvalue weighted by Gasteiger charge is -1.99. The zero-order chi connectivity index (χ0) is 9.26. The van der Waals surface area contributed by atoms with E-state index in [1.807, 2.05) is 23.6 Å². The van der Waals surface area contributed by atoms with Crippen molar-refractivity contribution in [3.05, 3.63) is 45.1 Å². The summed E-state index contributed by atoms with van der Waals surface area (Å²) in [6.45, 7) is 0. The summed E-state index contributed by atoms with van der Waals surface area (Å²) < 4.78 is 0. The van der Waals surface area contributed by atoms with Crippen LogP contribution in [0.4, 0.5) is 0 Å². The molecule has 0 amide bonds. The molecule has 2 aromatic rings. The number of rotatable bonds is 1. The van der Waals surface area contributed by atoms with Gasteiger partial charge in [-0.15, -0.1) is 0 Å². The summed E-state index contributed by atoms with van der Waals surface area (Å²) >= 11 is 13.4. The summed E-state index contributed by atoms with van der Waals surface area (Å²) in [4.78, 5) is 0. The molecule has 3 heteroatoms. The van der Waals surface area contributed by atoms with E-state index in [4.69, 9.17) is 23.2 Å². The van der Waals surface area contributed by atoms with Crippen molar-refractivity contribution in [2.24, 2.45) is 0 Å². The SMILES string of the molecule is Clc1ccc(-c2ccsc2)cc1Cl. The summed E-state index contributed by atoms with van der Waals surface area (Å²) in [5.41, 5.74) is 2.29.